The lowest BCUT2D eigenvalue weighted by Gasteiger charge is -2.27. The van der Waals surface area contributed by atoms with Gasteiger partial charge in [0.2, 0.25) is 0 Å². The Kier molecular flexibility index (Phi) is 6.28. The quantitative estimate of drug-likeness (QED) is 0.679. The van der Waals surface area contributed by atoms with Crippen molar-refractivity contribution in [1.29, 1.82) is 0 Å². The van der Waals surface area contributed by atoms with Gasteiger partial charge in [0.05, 0.1) is 6.61 Å². The van der Waals surface area contributed by atoms with E-state index in [-0.39, 0.29) is 0 Å². The van der Waals surface area contributed by atoms with Crippen molar-refractivity contribution in [2.45, 2.75) is 46.6 Å². The number of fused-ring (bicyclic) bond motifs is 1. The Morgan fingerprint density at radius 1 is 1.35 bits per heavy atom. The Balaban J connectivity index is 2.22. The Hall–Kier alpha value is -1.74. The third-order valence-electron chi connectivity index (χ3n) is 4.63. The number of nitrogens with one attached hydrogen (secondary N) is 1. The molecule has 1 unspecified atom stereocenters. The molecule has 3 nitrogen and oxygen atoms in total. The van der Waals surface area contributed by atoms with E-state index in [0.717, 1.165) is 31.7 Å². The standard InChI is InChI=1S/C20H30N2O/c1-6-12-22(15(4)7-2)13-11-18-16(5)21-20-10-9-17(23-8-3)14-19(18)20/h6,9-10,14-15,21H,1,7-8,11-13H2,2-5H3. The molecule has 1 heterocycles. The number of benzene rings is 1. The molecular weight excluding hydrogens is 284 g/mol. The second-order valence-electron chi connectivity index (χ2n) is 6.16. The van der Waals surface area contributed by atoms with Gasteiger partial charge in [-0.05, 0) is 57.4 Å². The Morgan fingerprint density at radius 2 is 2.13 bits per heavy atom. The molecule has 0 radical (unpaired) electrons. The summed E-state index contributed by atoms with van der Waals surface area (Å²) in [6, 6.07) is 6.90. The molecule has 0 bridgehead atoms. The van der Waals surface area contributed by atoms with Gasteiger partial charge >= 0.3 is 0 Å². The third kappa shape index (κ3) is 4.17. The maximum absolute atomic E-state index is 5.66. The molecule has 0 aliphatic heterocycles. The van der Waals surface area contributed by atoms with Gasteiger partial charge in [0.25, 0.3) is 0 Å². The average Bonchev–Trinajstić information content (AvgIpc) is 2.86. The molecule has 23 heavy (non-hydrogen) atoms. The predicted octanol–water partition coefficient (Wildman–Crippen LogP) is 4.70. The molecule has 1 atom stereocenters. The van der Waals surface area contributed by atoms with Crippen LogP contribution in [0.5, 0.6) is 5.75 Å². The van der Waals surface area contributed by atoms with Crippen molar-refractivity contribution in [2.75, 3.05) is 19.7 Å². The average molecular weight is 314 g/mol. The molecule has 0 saturated carbocycles. The molecule has 1 aromatic heterocycles. The van der Waals surface area contributed by atoms with Crippen LogP contribution in [-0.2, 0) is 6.42 Å². The number of ether oxygens (including phenoxy) is 1. The van der Waals surface area contributed by atoms with Crippen molar-refractivity contribution in [1.82, 2.24) is 9.88 Å². The van der Waals surface area contributed by atoms with Gasteiger partial charge in [-0.15, -0.1) is 6.58 Å². The number of hydrogen-bond donors (Lipinski definition) is 1. The van der Waals surface area contributed by atoms with Crippen LogP contribution in [0.15, 0.2) is 30.9 Å². The summed E-state index contributed by atoms with van der Waals surface area (Å²) in [7, 11) is 0. The van der Waals surface area contributed by atoms with E-state index in [4.69, 9.17) is 4.74 Å². The molecular formula is C20H30N2O. The first-order valence-corrected chi connectivity index (χ1v) is 8.69. The zero-order chi connectivity index (χ0) is 16.8. The lowest BCUT2D eigenvalue weighted by molar-refractivity contribution is 0.229. The van der Waals surface area contributed by atoms with E-state index in [1.54, 1.807) is 0 Å². The summed E-state index contributed by atoms with van der Waals surface area (Å²) in [5.41, 5.74) is 3.86. The second-order valence-corrected chi connectivity index (χ2v) is 6.16. The minimum atomic E-state index is 0.581. The van der Waals surface area contributed by atoms with Gasteiger partial charge in [-0.1, -0.05) is 13.0 Å². The number of hydrogen-bond acceptors (Lipinski definition) is 2. The Morgan fingerprint density at radius 3 is 2.78 bits per heavy atom. The topological polar surface area (TPSA) is 28.3 Å². The van der Waals surface area contributed by atoms with Crippen LogP contribution >= 0.6 is 0 Å². The smallest absolute Gasteiger partial charge is 0.120 e. The summed E-state index contributed by atoms with van der Waals surface area (Å²) in [4.78, 5) is 6.00. The highest BCUT2D eigenvalue weighted by Gasteiger charge is 2.14. The predicted molar refractivity (Wildman–Crippen MR) is 99.4 cm³/mol. The van der Waals surface area contributed by atoms with Crippen LogP contribution in [0.4, 0.5) is 0 Å². The number of aromatic amines is 1. The molecule has 0 fully saturated rings. The Labute approximate surface area is 140 Å². The fraction of sp³-hybridized carbons (Fsp3) is 0.500. The lowest BCUT2D eigenvalue weighted by Crippen LogP contribution is -2.34. The van der Waals surface area contributed by atoms with E-state index in [1.807, 2.05) is 19.1 Å². The van der Waals surface area contributed by atoms with Crippen molar-refractivity contribution in [2.24, 2.45) is 0 Å². The van der Waals surface area contributed by atoms with Crippen LogP contribution in [0.1, 0.15) is 38.4 Å². The molecule has 0 aliphatic rings. The summed E-state index contributed by atoms with van der Waals surface area (Å²) in [6.07, 6.45) is 4.20. The fourth-order valence-corrected chi connectivity index (χ4v) is 3.11. The zero-order valence-corrected chi connectivity index (χ0v) is 15.0. The van der Waals surface area contributed by atoms with Gasteiger partial charge in [-0.2, -0.15) is 0 Å². The highest BCUT2D eigenvalue weighted by Crippen LogP contribution is 2.27. The zero-order valence-electron chi connectivity index (χ0n) is 15.0. The van der Waals surface area contributed by atoms with Crippen LogP contribution in [0, 0.1) is 6.92 Å². The minimum absolute atomic E-state index is 0.581. The number of aromatic nitrogens is 1. The van der Waals surface area contributed by atoms with Gasteiger partial charge in [0.15, 0.2) is 0 Å². The summed E-state index contributed by atoms with van der Waals surface area (Å²) in [5, 5.41) is 1.29. The molecule has 3 heteroatoms. The molecule has 1 aromatic carbocycles. The van der Waals surface area contributed by atoms with Crippen LogP contribution in [-0.4, -0.2) is 35.6 Å². The molecule has 0 saturated heterocycles. The minimum Gasteiger partial charge on any atom is -0.494 e. The van der Waals surface area contributed by atoms with E-state index >= 15 is 0 Å². The first-order valence-electron chi connectivity index (χ1n) is 8.69. The van der Waals surface area contributed by atoms with Crippen LogP contribution < -0.4 is 4.74 Å². The van der Waals surface area contributed by atoms with E-state index in [9.17, 15) is 0 Å². The number of H-pyrrole nitrogens is 1. The van der Waals surface area contributed by atoms with Gasteiger partial charge in [-0.25, -0.2) is 0 Å². The van der Waals surface area contributed by atoms with Gasteiger partial charge in [0.1, 0.15) is 5.75 Å². The summed E-state index contributed by atoms with van der Waals surface area (Å²) in [5.74, 6) is 0.949. The van der Waals surface area contributed by atoms with Crippen molar-refractivity contribution in [3.05, 3.63) is 42.1 Å². The maximum Gasteiger partial charge on any atom is 0.120 e. The van der Waals surface area contributed by atoms with Gasteiger partial charge in [-0.3, -0.25) is 4.90 Å². The fourth-order valence-electron chi connectivity index (χ4n) is 3.11. The SMILES string of the molecule is C=CCN(CCc1c(C)[nH]c2ccc(OCC)cc12)C(C)CC. The number of rotatable bonds is 9. The largest absolute Gasteiger partial charge is 0.494 e. The summed E-state index contributed by atoms with van der Waals surface area (Å²) >= 11 is 0. The molecule has 1 N–H and O–H groups in total. The summed E-state index contributed by atoms with van der Waals surface area (Å²) < 4.78 is 5.66. The molecule has 126 valence electrons. The molecule has 2 rings (SSSR count). The number of nitrogens with zero attached hydrogens (tertiary/aromatic N) is 1. The van der Waals surface area contributed by atoms with Crippen LogP contribution in [0.2, 0.25) is 0 Å². The van der Waals surface area contributed by atoms with E-state index in [0.29, 0.717) is 12.6 Å². The summed E-state index contributed by atoms with van der Waals surface area (Å²) in [6.45, 7) is 15.3. The van der Waals surface area contributed by atoms with Gasteiger partial charge in [0, 0.05) is 35.7 Å². The molecule has 2 aromatic rings. The van der Waals surface area contributed by atoms with Crippen molar-refractivity contribution in [3.63, 3.8) is 0 Å². The van der Waals surface area contributed by atoms with Gasteiger partial charge < -0.3 is 9.72 Å². The Bertz CT molecular complexity index is 644. The molecule has 0 amide bonds. The lowest BCUT2D eigenvalue weighted by atomic mass is 10.1. The highest BCUT2D eigenvalue weighted by molar-refractivity contribution is 5.86. The molecule has 0 spiro atoms. The van der Waals surface area contributed by atoms with Crippen molar-refractivity contribution >= 4 is 10.9 Å². The van der Waals surface area contributed by atoms with E-state index < -0.39 is 0 Å². The maximum atomic E-state index is 5.66. The van der Waals surface area contributed by atoms with Crippen LogP contribution in [0.25, 0.3) is 10.9 Å². The normalized spacial score (nSPS) is 12.7. The van der Waals surface area contributed by atoms with Crippen LogP contribution in [0.3, 0.4) is 0 Å². The van der Waals surface area contributed by atoms with Crippen molar-refractivity contribution < 1.29 is 4.74 Å². The molecule has 0 aliphatic carbocycles. The monoisotopic (exact) mass is 314 g/mol. The highest BCUT2D eigenvalue weighted by atomic mass is 16.5. The first-order chi connectivity index (χ1) is 11.1. The first kappa shape index (κ1) is 17.6. The third-order valence-corrected chi connectivity index (χ3v) is 4.63. The van der Waals surface area contributed by atoms with E-state index in [1.165, 1.54) is 22.2 Å². The van der Waals surface area contributed by atoms with E-state index in [2.05, 4.69) is 49.4 Å². The number of aryl methyl sites for hydroxylation is 1. The van der Waals surface area contributed by atoms with Crippen molar-refractivity contribution in [3.8, 4) is 5.75 Å². The second kappa shape index (κ2) is 8.21.